The maximum absolute atomic E-state index is 12.0. The molecule has 88 valence electrons. The monoisotopic (exact) mass is 220 g/mol. The van der Waals surface area contributed by atoms with Crippen molar-refractivity contribution in [2.45, 2.75) is 33.3 Å². The highest BCUT2D eigenvalue weighted by molar-refractivity contribution is 5.97. The fourth-order valence-electron chi connectivity index (χ4n) is 1.50. The molecule has 1 aromatic rings. The Kier molecular flexibility index (Phi) is 5.20. The fourth-order valence-corrected chi connectivity index (χ4v) is 1.50. The molecule has 0 fully saturated rings. The third kappa shape index (κ3) is 4.15. The van der Waals surface area contributed by atoms with Gasteiger partial charge < -0.3 is 4.74 Å². The summed E-state index contributed by atoms with van der Waals surface area (Å²) in [6, 6.07) is 9.43. The van der Waals surface area contributed by atoms with Crippen molar-refractivity contribution < 1.29 is 9.53 Å². The van der Waals surface area contributed by atoms with Crippen LogP contribution in [0.3, 0.4) is 0 Å². The van der Waals surface area contributed by atoms with E-state index in [4.69, 9.17) is 4.74 Å². The Balaban J connectivity index is 2.43. The summed E-state index contributed by atoms with van der Waals surface area (Å²) < 4.78 is 5.45. The van der Waals surface area contributed by atoms with Gasteiger partial charge in [0.25, 0.3) is 0 Å². The molecule has 1 rings (SSSR count). The highest BCUT2D eigenvalue weighted by Gasteiger charge is 2.14. The molecule has 0 bridgehead atoms. The van der Waals surface area contributed by atoms with Gasteiger partial charge in [-0.05, 0) is 20.3 Å². The molecular weight excluding hydrogens is 200 g/mol. The quantitative estimate of drug-likeness (QED) is 0.687. The van der Waals surface area contributed by atoms with Gasteiger partial charge in [-0.2, -0.15) is 0 Å². The van der Waals surface area contributed by atoms with Crippen LogP contribution < -0.4 is 0 Å². The van der Waals surface area contributed by atoms with Gasteiger partial charge in [-0.1, -0.05) is 37.3 Å². The predicted octanol–water partition coefficient (Wildman–Crippen LogP) is 3.32. The summed E-state index contributed by atoms with van der Waals surface area (Å²) in [6.07, 6.45) is 1.02. The Morgan fingerprint density at radius 1 is 1.19 bits per heavy atom. The van der Waals surface area contributed by atoms with Gasteiger partial charge >= 0.3 is 0 Å². The molecule has 0 N–H and O–H groups in total. The van der Waals surface area contributed by atoms with E-state index in [9.17, 15) is 4.79 Å². The van der Waals surface area contributed by atoms with Gasteiger partial charge in [0.2, 0.25) is 0 Å². The molecule has 1 aromatic carbocycles. The molecule has 0 aliphatic carbocycles. The number of benzene rings is 1. The van der Waals surface area contributed by atoms with Crippen LogP contribution in [0.1, 0.15) is 37.6 Å². The Bertz CT molecular complexity index is 317. The zero-order chi connectivity index (χ0) is 12.0. The zero-order valence-electron chi connectivity index (χ0n) is 10.3. The number of carbonyl (C=O) groups excluding carboxylic acids is 1. The summed E-state index contributed by atoms with van der Waals surface area (Å²) in [5.74, 6) is 0.231. The van der Waals surface area contributed by atoms with Gasteiger partial charge in [0.1, 0.15) is 0 Å². The molecule has 1 unspecified atom stereocenters. The minimum atomic E-state index is 0.0288. The molecule has 0 spiro atoms. The van der Waals surface area contributed by atoms with E-state index in [1.54, 1.807) is 0 Å². The van der Waals surface area contributed by atoms with E-state index >= 15 is 0 Å². The number of ether oxygens (including phenoxy) is 1. The lowest BCUT2D eigenvalue weighted by molar-refractivity contribution is 0.0641. The number of hydrogen-bond acceptors (Lipinski definition) is 2. The van der Waals surface area contributed by atoms with Crippen LogP contribution in [0.25, 0.3) is 0 Å². The van der Waals surface area contributed by atoms with Gasteiger partial charge in [0.15, 0.2) is 5.78 Å². The van der Waals surface area contributed by atoms with Crippen LogP contribution in [0, 0.1) is 5.92 Å². The van der Waals surface area contributed by atoms with Gasteiger partial charge in [0.05, 0.1) is 6.10 Å². The first-order valence-corrected chi connectivity index (χ1v) is 5.82. The van der Waals surface area contributed by atoms with E-state index in [1.807, 2.05) is 51.1 Å². The summed E-state index contributed by atoms with van der Waals surface area (Å²) in [7, 11) is 0. The topological polar surface area (TPSA) is 26.3 Å². The fraction of sp³-hybridized carbons (Fsp3) is 0.500. The number of Topliss-reactive ketones (excluding diaryl/α,β-unsaturated/α-hetero) is 1. The van der Waals surface area contributed by atoms with Crippen LogP contribution >= 0.6 is 0 Å². The third-order valence-corrected chi connectivity index (χ3v) is 2.51. The van der Waals surface area contributed by atoms with Crippen LogP contribution in [-0.2, 0) is 4.74 Å². The predicted molar refractivity (Wildman–Crippen MR) is 65.6 cm³/mol. The zero-order valence-corrected chi connectivity index (χ0v) is 10.3. The average molecular weight is 220 g/mol. The van der Waals surface area contributed by atoms with E-state index in [2.05, 4.69) is 0 Å². The largest absolute Gasteiger partial charge is 0.379 e. The van der Waals surface area contributed by atoms with Crippen molar-refractivity contribution in [3.05, 3.63) is 35.9 Å². The smallest absolute Gasteiger partial charge is 0.165 e. The van der Waals surface area contributed by atoms with Crippen LogP contribution in [0.5, 0.6) is 0 Å². The highest BCUT2D eigenvalue weighted by atomic mass is 16.5. The van der Waals surface area contributed by atoms with Gasteiger partial charge in [0, 0.05) is 18.1 Å². The summed E-state index contributed by atoms with van der Waals surface area (Å²) in [6.45, 7) is 6.61. The third-order valence-electron chi connectivity index (χ3n) is 2.51. The van der Waals surface area contributed by atoms with Crippen molar-refractivity contribution >= 4 is 5.78 Å². The molecule has 1 atom stereocenters. The highest BCUT2D eigenvalue weighted by Crippen LogP contribution is 2.12. The Labute approximate surface area is 97.6 Å². The average Bonchev–Trinajstić information content (AvgIpc) is 2.28. The van der Waals surface area contributed by atoms with Gasteiger partial charge in [-0.25, -0.2) is 0 Å². The lowest BCUT2D eigenvalue weighted by atomic mass is 9.97. The van der Waals surface area contributed by atoms with Crippen LogP contribution in [0.15, 0.2) is 30.3 Å². The maximum atomic E-state index is 12.0. The molecular formula is C14H20O2. The van der Waals surface area contributed by atoms with E-state index in [0.29, 0.717) is 6.61 Å². The van der Waals surface area contributed by atoms with Gasteiger partial charge in [-0.3, -0.25) is 4.79 Å². The van der Waals surface area contributed by atoms with Crippen molar-refractivity contribution in [1.82, 2.24) is 0 Å². The molecule has 0 heterocycles. The molecule has 0 aliphatic rings. The summed E-state index contributed by atoms with van der Waals surface area (Å²) >= 11 is 0. The molecule has 0 amide bonds. The summed E-state index contributed by atoms with van der Waals surface area (Å²) in [5.41, 5.74) is 0.791. The Morgan fingerprint density at radius 3 is 2.38 bits per heavy atom. The number of hydrogen-bond donors (Lipinski definition) is 0. The van der Waals surface area contributed by atoms with Crippen LogP contribution in [0.4, 0.5) is 0 Å². The molecule has 2 heteroatoms. The molecule has 16 heavy (non-hydrogen) atoms. The second kappa shape index (κ2) is 6.44. The minimum absolute atomic E-state index is 0.0288. The normalized spacial score (nSPS) is 12.8. The molecule has 0 radical (unpaired) electrons. The van der Waals surface area contributed by atoms with Gasteiger partial charge in [-0.15, -0.1) is 0 Å². The lowest BCUT2D eigenvalue weighted by Crippen LogP contribution is -2.15. The molecule has 0 saturated carbocycles. The molecule has 0 saturated heterocycles. The molecule has 2 nitrogen and oxygen atoms in total. The summed E-state index contributed by atoms with van der Waals surface area (Å²) in [4.78, 5) is 12.0. The minimum Gasteiger partial charge on any atom is -0.379 e. The number of rotatable bonds is 6. The standard InChI is InChI=1S/C14H20O2/c1-11(2)16-10-9-12(3)14(15)13-7-5-4-6-8-13/h4-8,11-12H,9-10H2,1-3H3. The first-order chi connectivity index (χ1) is 7.61. The van der Waals surface area contributed by atoms with Crippen LogP contribution in [0.2, 0.25) is 0 Å². The number of ketones is 1. The van der Waals surface area contributed by atoms with Crippen molar-refractivity contribution in [1.29, 1.82) is 0 Å². The summed E-state index contributed by atoms with van der Waals surface area (Å²) in [5, 5.41) is 0. The first kappa shape index (κ1) is 12.9. The van der Waals surface area contributed by atoms with E-state index in [-0.39, 0.29) is 17.8 Å². The molecule has 0 aliphatic heterocycles. The Hall–Kier alpha value is -1.15. The first-order valence-electron chi connectivity index (χ1n) is 5.82. The van der Waals surface area contributed by atoms with Crippen LogP contribution in [-0.4, -0.2) is 18.5 Å². The second-order valence-corrected chi connectivity index (χ2v) is 4.34. The number of carbonyl (C=O) groups is 1. The second-order valence-electron chi connectivity index (χ2n) is 4.34. The lowest BCUT2D eigenvalue weighted by Gasteiger charge is -2.12. The molecule has 0 aromatic heterocycles. The maximum Gasteiger partial charge on any atom is 0.165 e. The van der Waals surface area contributed by atoms with Crippen molar-refractivity contribution in [3.8, 4) is 0 Å². The Morgan fingerprint density at radius 2 is 1.81 bits per heavy atom. The van der Waals surface area contributed by atoms with E-state index in [0.717, 1.165) is 12.0 Å². The van der Waals surface area contributed by atoms with Crippen molar-refractivity contribution in [3.63, 3.8) is 0 Å². The SMILES string of the molecule is CC(C)OCCC(C)C(=O)c1ccccc1. The van der Waals surface area contributed by atoms with Crippen molar-refractivity contribution in [2.24, 2.45) is 5.92 Å². The van der Waals surface area contributed by atoms with E-state index < -0.39 is 0 Å². The van der Waals surface area contributed by atoms with Crippen molar-refractivity contribution in [2.75, 3.05) is 6.61 Å². The van der Waals surface area contributed by atoms with E-state index in [1.165, 1.54) is 0 Å².